The summed E-state index contributed by atoms with van der Waals surface area (Å²) in [6.45, 7) is 3.51. The summed E-state index contributed by atoms with van der Waals surface area (Å²) in [5.74, 6) is -0.118. The van der Waals surface area contributed by atoms with E-state index >= 15 is 0 Å². The topological polar surface area (TPSA) is 34.4 Å². The number of benzene rings is 1. The van der Waals surface area contributed by atoms with E-state index in [-0.39, 0.29) is 5.78 Å². The second-order valence-electron chi connectivity index (χ2n) is 3.97. The smallest absolute Gasteiger partial charge is 0.203 e. The zero-order valence-corrected chi connectivity index (χ0v) is 12.2. The van der Waals surface area contributed by atoms with E-state index in [1.807, 2.05) is 34.9 Å². The summed E-state index contributed by atoms with van der Waals surface area (Å²) in [6, 6.07) is 8.05. The highest BCUT2D eigenvalue weighted by atomic mass is 79.9. The number of thiazole rings is 1. The Morgan fingerprint density at radius 1 is 1.37 bits per heavy atom. The lowest BCUT2D eigenvalue weighted by atomic mass is 10.2. The fraction of sp³-hybridized carbons (Fsp3) is 0. The minimum atomic E-state index is -0.118. The van der Waals surface area contributed by atoms with Crippen LogP contribution in [0.1, 0.15) is 10.5 Å². The maximum atomic E-state index is 11.7. The molecule has 2 aromatic heterocycles. The molecule has 0 unspecified atom stereocenters. The number of rotatable bonds is 3. The van der Waals surface area contributed by atoms with E-state index in [0.717, 1.165) is 19.9 Å². The molecule has 0 saturated heterocycles. The first kappa shape index (κ1) is 12.3. The van der Waals surface area contributed by atoms with Gasteiger partial charge in [-0.1, -0.05) is 46.0 Å². The number of carbonyl (C=O) groups is 1. The van der Waals surface area contributed by atoms with Gasteiger partial charge in [0.05, 0.1) is 11.1 Å². The summed E-state index contributed by atoms with van der Waals surface area (Å²) in [6.07, 6.45) is 4.83. The van der Waals surface area contributed by atoms with Gasteiger partial charge in [-0.05, 0) is 23.8 Å². The van der Waals surface area contributed by atoms with E-state index in [0.29, 0.717) is 5.69 Å². The van der Waals surface area contributed by atoms with Gasteiger partial charge in [0.1, 0.15) is 5.69 Å². The molecule has 0 spiro atoms. The summed E-state index contributed by atoms with van der Waals surface area (Å²) < 4.78 is 2.85. The van der Waals surface area contributed by atoms with Crippen LogP contribution in [-0.2, 0) is 0 Å². The SMILES string of the molecule is C=CC(=O)c1cnc2sc(-c3ccc(Br)cc3)cn12. The molecule has 0 radical (unpaired) electrons. The zero-order valence-electron chi connectivity index (χ0n) is 9.84. The molecule has 3 rings (SSSR count). The number of hydrogen-bond donors (Lipinski definition) is 0. The van der Waals surface area contributed by atoms with Crippen molar-refractivity contribution in [3.05, 3.63) is 59.5 Å². The van der Waals surface area contributed by atoms with Crippen LogP contribution in [0.15, 0.2) is 53.8 Å². The van der Waals surface area contributed by atoms with Gasteiger partial charge in [0.15, 0.2) is 4.96 Å². The van der Waals surface area contributed by atoms with Crippen LogP contribution < -0.4 is 0 Å². The highest BCUT2D eigenvalue weighted by molar-refractivity contribution is 9.10. The Bertz CT molecular complexity index is 770. The molecule has 0 aliphatic carbocycles. The predicted octanol–water partition coefficient (Wildman–Crippen LogP) is 4.19. The highest BCUT2D eigenvalue weighted by Gasteiger charge is 2.12. The molecule has 3 nitrogen and oxygen atoms in total. The van der Waals surface area contributed by atoms with Crippen LogP contribution in [0.4, 0.5) is 0 Å². The molecule has 0 amide bonds. The fourth-order valence-electron chi connectivity index (χ4n) is 1.82. The molecule has 3 aromatic rings. The van der Waals surface area contributed by atoms with Crippen molar-refractivity contribution in [2.45, 2.75) is 0 Å². The van der Waals surface area contributed by atoms with Crippen molar-refractivity contribution in [1.29, 1.82) is 0 Å². The van der Waals surface area contributed by atoms with Gasteiger partial charge >= 0.3 is 0 Å². The molecule has 0 N–H and O–H groups in total. The van der Waals surface area contributed by atoms with E-state index in [1.165, 1.54) is 6.08 Å². The number of imidazole rings is 1. The summed E-state index contributed by atoms with van der Waals surface area (Å²) in [5, 5.41) is 0. The van der Waals surface area contributed by atoms with Crippen LogP contribution in [0.3, 0.4) is 0 Å². The van der Waals surface area contributed by atoms with Gasteiger partial charge in [0.25, 0.3) is 0 Å². The fourth-order valence-corrected chi connectivity index (χ4v) is 3.05. The first-order chi connectivity index (χ1) is 9.19. The number of ketones is 1. The van der Waals surface area contributed by atoms with Crippen LogP contribution in [0.25, 0.3) is 15.4 Å². The molecule has 94 valence electrons. The van der Waals surface area contributed by atoms with E-state index in [2.05, 4.69) is 27.5 Å². The number of aromatic nitrogens is 2. The van der Waals surface area contributed by atoms with Crippen LogP contribution in [0, 0.1) is 0 Å². The van der Waals surface area contributed by atoms with Crippen LogP contribution in [-0.4, -0.2) is 15.2 Å². The molecule has 0 aliphatic rings. The molecule has 2 heterocycles. The average Bonchev–Trinajstić information content (AvgIpc) is 2.98. The lowest BCUT2D eigenvalue weighted by Crippen LogP contribution is -1.97. The second kappa shape index (κ2) is 4.75. The number of allylic oxidation sites excluding steroid dienone is 1. The van der Waals surface area contributed by atoms with Crippen LogP contribution >= 0.6 is 27.3 Å². The second-order valence-corrected chi connectivity index (χ2v) is 5.89. The van der Waals surface area contributed by atoms with Crippen molar-refractivity contribution in [1.82, 2.24) is 9.38 Å². The van der Waals surface area contributed by atoms with Crippen molar-refractivity contribution in [2.75, 3.05) is 0 Å². The van der Waals surface area contributed by atoms with Gasteiger partial charge in [-0.3, -0.25) is 9.20 Å². The lowest BCUT2D eigenvalue weighted by Gasteiger charge is -1.96. The molecule has 0 fully saturated rings. The number of nitrogens with zero attached hydrogens (tertiary/aromatic N) is 2. The summed E-state index contributed by atoms with van der Waals surface area (Å²) in [5.41, 5.74) is 1.65. The van der Waals surface area contributed by atoms with Gasteiger partial charge in [-0.2, -0.15) is 0 Å². The minimum absolute atomic E-state index is 0.118. The van der Waals surface area contributed by atoms with E-state index in [1.54, 1.807) is 17.5 Å². The molecule has 0 atom stereocenters. The minimum Gasteiger partial charge on any atom is -0.288 e. The molecular formula is C14H9BrN2OS. The lowest BCUT2D eigenvalue weighted by molar-refractivity contribution is 0.104. The Labute approximate surface area is 122 Å². The van der Waals surface area contributed by atoms with Gasteiger partial charge in [-0.25, -0.2) is 4.98 Å². The summed E-state index contributed by atoms with van der Waals surface area (Å²) >= 11 is 4.97. The summed E-state index contributed by atoms with van der Waals surface area (Å²) in [7, 11) is 0. The Balaban J connectivity index is 2.12. The van der Waals surface area contributed by atoms with Crippen molar-refractivity contribution < 1.29 is 4.79 Å². The van der Waals surface area contributed by atoms with Crippen molar-refractivity contribution in [3.63, 3.8) is 0 Å². The Kier molecular flexibility index (Phi) is 3.08. The maximum absolute atomic E-state index is 11.7. The van der Waals surface area contributed by atoms with E-state index in [4.69, 9.17) is 0 Å². The maximum Gasteiger partial charge on any atom is 0.203 e. The van der Waals surface area contributed by atoms with Crippen molar-refractivity contribution in [2.24, 2.45) is 0 Å². The standard InChI is InChI=1S/C14H9BrN2OS/c1-2-12(18)11-7-16-14-17(11)8-13(19-14)9-3-5-10(15)6-4-9/h2-8H,1H2. The van der Waals surface area contributed by atoms with Gasteiger partial charge in [0, 0.05) is 10.7 Å². The van der Waals surface area contributed by atoms with Crippen molar-refractivity contribution >= 4 is 38.0 Å². The number of carbonyl (C=O) groups excluding carboxylic acids is 1. The third-order valence-corrected chi connectivity index (χ3v) is 4.35. The number of hydrogen-bond acceptors (Lipinski definition) is 3. The van der Waals surface area contributed by atoms with Gasteiger partial charge in [-0.15, -0.1) is 0 Å². The Morgan fingerprint density at radius 2 is 2.11 bits per heavy atom. The number of halogens is 1. The average molecular weight is 333 g/mol. The number of fused-ring (bicyclic) bond motifs is 1. The molecule has 19 heavy (non-hydrogen) atoms. The first-order valence-corrected chi connectivity index (χ1v) is 7.19. The quantitative estimate of drug-likeness (QED) is 0.532. The van der Waals surface area contributed by atoms with Crippen LogP contribution in [0.2, 0.25) is 0 Å². The zero-order chi connectivity index (χ0) is 13.4. The van der Waals surface area contributed by atoms with E-state index < -0.39 is 0 Å². The molecular weight excluding hydrogens is 324 g/mol. The van der Waals surface area contributed by atoms with Crippen LogP contribution in [0.5, 0.6) is 0 Å². The molecule has 0 aliphatic heterocycles. The Hall–Kier alpha value is -1.72. The largest absolute Gasteiger partial charge is 0.288 e. The van der Waals surface area contributed by atoms with Gasteiger partial charge in [0.2, 0.25) is 5.78 Å². The third-order valence-electron chi connectivity index (χ3n) is 2.78. The molecule has 1 aromatic carbocycles. The predicted molar refractivity (Wildman–Crippen MR) is 80.7 cm³/mol. The monoisotopic (exact) mass is 332 g/mol. The van der Waals surface area contributed by atoms with E-state index in [9.17, 15) is 4.79 Å². The Morgan fingerprint density at radius 3 is 2.79 bits per heavy atom. The highest BCUT2D eigenvalue weighted by Crippen LogP contribution is 2.29. The molecule has 0 saturated carbocycles. The van der Waals surface area contributed by atoms with Gasteiger partial charge < -0.3 is 0 Å². The normalized spacial score (nSPS) is 10.8. The summed E-state index contributed by atoms with van der Waals surface area (Å²) in [4.78, 5) is 17.8. The first-order valence-electron chi connectivity index (χ1n) is 5.58. The molecule has 0 bridgehead atoms. The third kappa shape index (κ3) is 2.15. The molecule has 5 heteroatoms. The van der Waals surface area contributed by atoms with Crippen molar-refractivity contribution in [3.8, 4) is 10.4 Å².